The summed E-state index contributed by atoms with van der Waals surface area (Å²) >= 11 is 0. The standard InChI is InChI=1S/C19H15FN4/c20-15-6-4-14(5-7-15)16-2-1-9-21-19(16)22-11-13-3-8-17-18(10-13)24-12-23-17/h1-10,12H,11H2,(H,21,22)(H,23,24). The van der Waals surface area contributed by atoms with E-state index in [0.717, 1.165) is 33.5 Å². The van der Waals surface area contributed by atoms with E-state index in [1.807, 2.05) is 30.3 Å². The van der Waals surface area contributed by atoms with Crippen LogP contribution in [0.2, 0.25) is 0 Å². The Morgan fingerprint density at radius 2 is 1.88 bits per heavy atom. The Bertz CT molecular complexity index is 976. The normalized spacial score (nSPS) is 10.9. The summed E-state index contributed by atoms with van der Waals surface area (Å²) in [6.45, 7) is 0.633. The summed E-state index contributed by atoms with van der Waals surface area (Å²) in [4.78, 5) is 11.8. The van der Waals surface area contributed by atoms with E-state index < -0.39 is 0 Å². The van der Waals surface area contributed by atoms with E-state index in [4.69, 9.17) is 0 Å². The molecule has 5 heteroatoms. The molecule has 0 saturated heterocycles. The minimum atomic E-state index is -0.246. The second-order valence-corrected chi connectivity index (χ2v) is 5.51. The number of nitrogens with zero attached hydrogens (tertiary/aromatic N) is 2. The number of anilines is 1. The fourth-order valence-electron chi connectivity index (χ4n) is 2.68. The number of halogens is 1. The molecule has 2 heterocycles. The molecule has 0 saturated carbocycles. The highest BCUT2D eigenvalue weighted by Crippen LogP contribution is 2.26. The van der Waals surface area contributed by atoms with Gasteiger partial charge in [0.2, 0.25) is 0 Å². The van der Waals surface area contributed by atoms with Crippen molar-refractivity contribution in [2.45, 2.75) is 6.54 Å². The molecule has 0 aliphatic rings. The molecule has 0 unspecified atom stereocenters. The number of fused-ring (bicyclic) bond motifs is 1. The van der Waals surface area contributed by atoms with Crippen molar-refractivity contribution in [2.24, 2.45) is 0 Å². The van der Waals surface area contributed by atoms with Gasteiger partial charge in [0.15, 0.2) is 0 Å². The van der Waals surface area contributed by atoms with E-state index in [1.54, 1.807) is 24.7 Å². The van der Waals surface area contributed by atoms with Gasteiger partial charge in [-0.15, -0.1) is 0 Å². The zero-order valence-electron chi connectivity index (χ0n) is 12.8. The van der Waals surface area contributed by atoms with E-state index in [9.17, 15) is 4.39 Å². The highest BCUT2D eigenvalue weighted by atomic mass is 19.1. The highest BCUT2D eigenvalue weighted by Gasteiger charge is 2.06. The number of nitrogens with one attached hydrogen (secondary N) is 2. The average molecular weight is 318 g/mol. The van der Waals surface area contributed by atoms with Gasteiger partial charge in [-0.3, -0.25) is 0 Å². The van der Waals surface area contributed by atoms with Crippen molar-refractivity contribution in [3.63, 3.8) is 0 Å². The molecule has 118 valence electrons. The maximum Gasteiger partial charge on any atom is 0.134 e. The molecule has 0 amide bonds. The molecule has 0 fully saturated rings. The van der Waals surface area contributed by atoms with Gasteiger partial charge in [-0.05, 0) is 47.5 Å². The van der Waals surface area contributed by atoms with Crippen molar-refractivity contribution in [3.8, 4) is 11.1 Å². The quantitative estimate of drug-likeness (QED) is 0.587. The zero-order valence-corrected chi connectivity index (χ0v) is 12.8. The van der Waals surface area contributed by atoms with Crippen molar-refractivity contribution in [2.75, 3.05) is 5.32 Å². The first-order valence-corrected chi connectivity index (χ1v) is 7.66. The molecule has 0 bridgehead atoms. The molecule has 4 aromatic rings. The molecule has 0 spiro atoms. The Balaban J connectivity index is 1.59. The van der Waals surface area contributed by atoms with Crippen LogP contribution in [0, 0.1) is 5.82 Å². The van der Waals surface area contributed by atoms with Gasteiger partial charge >= 0.3 is 0 Å². The second-order valence-electron chi connectivity index (χ2n) is 5.51. The summed E-state index contributed by atoms with van der Waals surface area (Å²) in [6, 6.07) is 16.4. The maximum absolute atomic E-state index is 13.1. The number of H-pyrrole nitrogens is 1. The summed E-state index contributed by atoms with van der Waals surface area (Å²) in [5.74, 6) is 0.524. The molecular weight excluding hydrogens is 303 g/mol. The van der Waals surface area contributed by atoms with Crippen molar-refractivity contribution in [1.82, 2.24) is 15.0 Å². The van der Waals surface area contributed by atoms with Crippen LogP contribution in [-0.4, -0.2) is 15.0 Å². The van der Waals surface area contributed by atoms with Crippen molar-refractivity contribution >= 4 is 16.9 Å². The van der Waals surface area contributed by atoms with Gasteiger partial charge < -0.3 is 10.3 Å². The highest BCUT2D eigenvalue weighted by molar-refractivity contribution is 5.76. The lowest BCUT2D eigenvalue weighted by molar-refractivity contribution is 0.628. The van der Waals surface area contributed by atoms with Gasteiger partial charge in [-0.1, -0.05) is 18.2 Å². The first-order chi connectivity index (χ1) is 11.8. The monoisotopic (exact) mass is 318 g/mol. The first-order valence-electron chi connectivity index (χ1n) is 7.66. The van der Waals surface area contributed by atoms with Crippen LogP contribution in [0.1, 0.15) is 5.56 Å². The number of rotatable bonds is 4. The predicted octanol–water partition coefficient (Wildman–Crippen LogP) is 4.38. The van der Waals surface area contributed by atoms with Crippen LogP contribution in [0.5, 0.6) is 0 Å². The molecule has 0 aliphatic heterocycles. The molecule has 24 heavy (non-hydrogen) atoms. The number of pyridine rings is 1. The van der Waals surface area contributed by atoms with Crippen LogP contribution >= 0.6 is 0 Å². The predicted molar refractivity (Wildman–Crippen MR) is 93.1 cm³/mol. The summed E-state index contributed by atoms with van der Waals surface area (Å²) < 4.78 is 13.1. The molecule has 2 aromatic carbocycles. The SMILES string of the molecule is Fc1ccc(-c2cccnc2NCc2ccc3[nH]cnc3c2)cc1. The van der Waals surface area contributed by atoms with Gasteiger partial charge in [0.1, 0.15) is 11.6 Å². The molecule has 2 N–H and O–H groups in total. The first kappa shape index (κ1) is 14.4. The minimum Gasteiger partial charge on any atom is -0.365 e. The summed E-state index contributed by atoms with van der Waals surface area (Å²) in [5.41, 5.74) is 4.94. The number of hydrogen-bond acceptors (Lipinski definition) is 3. The van der Waals surface area contributed by atoms with E-state index in [2.05, 4.69) is 20.3 Å². The van der Waals surface area contributed by atoms with Gasteiger partial charge in [-0.25, -0.2) is 14.4 Å². The molecule has 2 aromatic heterocycles. The summed E-state index contributed by atoms with van der Waals surface area (Å²) in [6.07, 6.45) is 3.43. The minimum absolute atomic E-state index is 0.246. The smallest absolute Gasteiger partial charge is 0.134 e. The molecule has 0 aliphatic carbocycles. The number of aromatic amines is 1. The van der Waals surface area contributed by atoms with Crippen LogP contribution in [0.15, 0.2) is 67.1 Å². The largest absolute Gasteiger partial charge is 0.365 e. The Labute approximate surface area is 138 Å². The summed E-state index contributed by atoms with van der Waals surface area (Å²) in [7, 11) is 0. The Kier molecular flexibility index (Phi) is 3.67. The number of benzene rings is 2. The third-order valence-electron chi connectivity index (χ3n) is 3.91. The fourth-order valence-corrected chi connectivity index (χ4v) is 2.68. The maximum atomic E-state index is 13.1. The van der Waals surface area contributed by atoms with Crippen LogP contribution in [0.3, 0.4) is 0 Å². The lowest BCUT2D eigenvalue weighted by Crippen LogP contribution is -2.03. The van der Waals surface area contributed by atoms with Crippen molar-refractivity contribution in [1.29, 1.82) is 0 Å². The van der Waals surface area contributed by atoms with E-state index in [1.165, 1.54) is 12.1 Å². The van der Waals surface area contributed by atoms with Gasteiger partial charge in [0, 0.05) is 18.3 Å². The van der Waals surface area contributed by atoms with E-state index in [-0.39, 0.29) is 5.82 Å². The Hall–Kier alpha value is -3.21. The number of aromatic nitrogens is 3. The Morgan fingerprint density at radius 1 is 1.00 bits per heavy atom. The van der Waals surface area contributed by atoms with E-state index >= 15 is 0 Å². The Morgan fingerprint density at radius 3 is 2.75 bits per heavy atom. The third kappa shape index (κ3) is 2.84. The fraction of sp³-hybridized carbons (Fsp3) is 0.0526. The van der Waals surface area contributed by atoms with Crippen molar-refractivity contribution < 1.29 is 4.39 Å². The van der Waals surface area contributed by atoms with Crippen molar-refractivity contribution in [3.05, 3.63) is 78.5 Å². The van der Waals surface area contributed by atoms with Gasteiger partial charge in [0.05, 0.1) is 17.4 Å². The van der Waals surface area contributed by atoms with E-state index in [0.29, 0.717) is 6.54 Å². The molecule has 4 rings (SSSR count). The second kappa shape index (κ2) is 6.12. The zero-order chi connectivity index (χ0) is 16.4. The lowest BCUT2D eigenvalue weighted by atomic mass is 10.1. The molecular formula is C19H15FN4. The lowest BCUT2D eigenvalue weighted by Gasteiger charge is -2.11. The molecule has 0 atom stereocenters. The van der Waals surface area contributed by atoms with Gasteiger partial charge in [-0.2, -0.15) is 0 Å². The molecule has 0 radical (unpaired) electrons. The molecule has 4 nitrogen and oxygen atoms in total. The van der Waals surface area contributed by atoms with Crippen LogP contribution in [0.4, 0.5) is 10.2 Å². The topological polar surface area (TPSA) is 53.6 Å². The number of hydrogen-bond donors (Lipinski definition) is 2. The summed E-state index contributed by atoms with van der Waals surface area (Å²) in [5, 5.41) is 3.36. The van der Waals surface area contributed by atoms with Crippen LogP contribution in [0.25, 0.3) is 22.2 Å². The average Bonchev–Trinajstić information content (AvgIpc) is 3.09. The third-order valence-corrected chi connectivity index (χ3v) is 3.91. The van der Waals surface area contributed by atoms with Crippen LogP contribution < -0.4 is 5.32 Å². The van der Waals surface area contributed by atoms with Gasteiger partial charge in [0.25, 0.3) is 0 Å². The van der Waals surface area contributed by atoms with Crippen LogP contribution in [-0.2, 0) is 6.54 Å². The number of imidazole rings is 1.